The van der Waals surface area contributed by atoms with Gasteiger partial charge in [0.1, 0.15) is 11.5 Å². The van der Waals surface area contributed by atoms with Gasteiger partial charge < -0.3 is 14.8 Å². The number of hydrogen-bond acceptors (Lipinski definition) is 3. The highest BCUT2D eigenvalue weighted by molar-refractivity contribution is 6.32. The Morgan fingerprint density at radius 3 is 2.52 bits per heavy atom. The molecule has 1 N–H and O–H groups in total. The highest BCUT2D eigenvalue weighted by atomic mass is 35.5. The van der Waals surface area contributed by atoms with Crippen molar-refractivity contribution >= 4 is 23.2 Å². The Kier molecular flexibility index (Phi) is 6.29. The van der Waals surface area contributed by atoms with E-state index in [0.29, 0.717) is 23.1 Å². The molecule has 0 bridgehead atoms. The summed E-state index contributed by atoms with van der Waals surface area (Å²) in [5.74, 6) is 1.03. The molecule has 2 rings (SSSR count). The predicted molar refractivity (Wildman–Crippen MR) is 92.4 cm³/mol. The highest BCUT2D eigenvalue weighted by Crippen LogP contribution is 2.24. The molecule has 0 fully saturated rings. The summed E-state index contributed by atoms with van der Waals surface area (Å²) in [5, 5.41) is 3.28. The minimum Gasteiger partial charge on any atom is -0.494 e. The topological polar surface area (TPSA) is 47.6 Å². The fourth-order valence-electron chi connectivity index (χ4n) is 1.88. The lowest BCUT2D eigenvalue weighted by atomic mass is 10.2. The Morgan fingerprint density at radius 1 is 1.17 bits per heavy atom. The number of rotatable bonds is 7. The Morgan fingerprint density at radius 2 is 1.87 bits per heavy atom. The molecule has 0 aliphatic carbocycles. The highest BCUT2D eigenvalue weighted by Gasteiger charge is 2.16. The van der Waals surface area contributed by atoms with E-state index in [1.54, 1.807) is 37.3 Å². The van der Waals surface area contributed by atoms with Gasteiger partial charge in [-0.3, -0.25) is 4.79 Å². The molecule has 122 valence electrons. The first kappa shape index (κ1) is 17.2. The van der Waals surface area contributed by atoms with Gasteiger partial charge in [0.15, 0.2) is 6.10 Å². The molecule has 0 radical (unpaired) electrons. The molecule has 1 atom stereocenters. The maximum Gasteiger partial charge on any atom is 0.265 e. The third-order valence-electron chi connectivity index (χ3n) is 3.10. The second kappa shape index (κ2) is 8.44. The Bertz CT molecular complexity index is 643. The normalized spacial score (nSPS) is 11.6. The number of anilines is 1. The summed E-state index contributed by atoms with van der Waals surface area (Å²) in [5.41, 5.74) is 0.688. The first-order valence-corrected chi connectivity index (χ1v) is 7.93. The van der Waals surface area contributed by atoms with E-state index >= 15 is 0 Å². The van der Waals surface area contributed by atoms with Crippen LogP contribution in [0.4, 0.5) is 5.69 Å². The fraction of sp³-hybridized carbons (Fsp3) is 0.278. The lowest BCUT2D eigenvalue weighted by molar-refractivity contribution is -0.122. The SMILES string of the molecule is CCCOc1ccc(NC(=O)C(C)Oc2ccccc2Cl)cc1. The smallest absolute Gasteiger partial charge is 0.265 e. The van der Waals surface area contributed by atoms with Gasteiger partial charge in [-0.05, 0) is 49.7 Å². The summed E-state index contributed by atoms with van der Waals surface area (Å²) in [7, 11) is 0. The molecule has 4 nitrogen and oxygen atoms in total. The zero-order valence-corrected chi connectivity index (χ0v) is 14.0. The first-order valence-electron chi connectivity index (χ1n) is 7.55. The Balaban J connectivity index is 1.91. The lowest BCUT2D eigenvalue weighted by Gasteiger charge is -2.15. The molecule has 0 aliphatic rings. The van der Waals surface area contributed by atoms with Crippen molar-refractivity contribution in [2.24, 2.45) is 0 Å². The summed E-state index contributed by atoms with van der Waals surface area (Å²) in [6.07, 6.45) is 0.293. The van der Waals surface area contributed by atoms with Crippen LogP contribution in [-0.4, -0.2) is 18.6 Å². The van der Waals surface area contributed by atoms with Crippen molar-refractivity contribution in [3.8, 4) is 11.5 Å². The van der Waals surface area contributed by atoms with Crippen molar-refractivity contribution in [1.82, 2.24) is 0 Å². The second-order valence-electron chi connectivity index (χ2n) is 5.05. The van der Waals surface area contributed by atoms with Crippen LogP contribution >= 0.6 is 11.6 Å². The van der Waals surface area contributed by atoms with Gasteiger partial charge in [0.25, 0.3) is 5.91 Å². The van der Waals surface area contributed by atoms with Crippen LogP contribution < -0.4 is 14.8 Å². The number of halogens is 1. The van der Waals surface area contributed by atoms with Crippen LogP contribution in [0.2, 0.25) is 5.02 Å². The van der Waals surface area contributed by atoms with Gasteiger partial charge in [-0.15, -0.1) is 0 Å². The van der Waals surface area contributed by atoms with E-state index in [1.807, 2.05) is 18.2 Å². The summed E-state index contributed by atoms with van der Waals surface area (Å²) >= 11 is 6.02. The first-order chi connectivity index (χ1) is 11.1. The zero-order chi connectivity index (χ0) is 16.7. The van der Waals surface area contributed by atoms with Crippen LogP contribution in [0.5, 0.6) is 11.5 Å². The number of amides is 1. The van der Waals surface area contributed by atoms with E-state index in [2.05, 4.69) is 12.2 Å². The van der Waals surface area contributed by atoms with Crippen molar-refractivity contribution in [3.05, 3.63) is 53.6 Å². The quantitative estimate of drug-likeness (QED) is 0.809. The van der Waals surface area contributed by atoms with E-state index in [9.17, 15) is 4.79 Å². The summed E-state index contributed by atoms with van der Waals surface area (Å²) in [6.45, 7) is 4.40. The number of para-hydroxylation sites is 1. The predicted octanol–water partition coefficient (Wildman–Crippen LogP) is 4.53. The Hall–Kier alpha value is -2.20. The molecule has 0 spiro atoms. The minimum atomic E-state index is -0.661. The number of hydrogen-bond donors (Lipinski definition) is 1. The molecule has 5 heteroatoms. The number of carbonyl (C=O) groups excluding carboxylic acids is 1. The molecule has 1 amide bonds. The average molecular weight is 334 g/mol. The van der Waals surface area contributed by atoms with E-state index in [0.717, 1.165) is 12.2 Å². The Labute approximate surface area is 141 Å². The number of benzene rings is 2. The van der Waals surface area contributed by atoms with Crippen LogP contribution in [-0.2, 0) is 4.79 Å². The monoisotopic (exact) mass is 333 g/mol. The third-order valence-corrected chi connectivity index (χ3v) is 3.42. The van der Waals surface area contributed by atoms with Gasteiger partial charge in [-0.25, -0.2) is 0 Å². The van der Waals surface area contributed by atoms with E-state index in [1.165, 1.54) is 0 Å². The molecule has 2 aromatic carbocycles. The molecule has 0 saturated heterocycles. The lowest BCUT2D eigenvalue weighted by Crippen LogP contribution is -2.30. The van der Waals surface area contributed by atoms with Crippen molar-refractivity contribution in [3.63, 3.8) is 0 Å². The largest absolute Gasteiger partial charge is 0.494 e. The molecule has 0 aliphatic heterocycles. The second-order valence-corrected chi connectivity index (χ2v) is 5.46. The number of nitrogens with one attached hydrogen (secondary N) is 1. The van der Waals surface area contributed by atoms with Crippen molar-refractivity contribution in [2.75, 3.05) is 11.9 Å². The van der Waals surface area contributed by atoms with Gasteiger partial charge in [0.2, 0.25) is 0 Å². The number of carbonyl (C=O) groups is 1. The molecular weight excluding hydrogens is 314 g/mol. The van der Waals surface area contributed by atoms with E-state index in [-0.39, 0.29) is 5.91 Å². The average Bonchev–Trinajstić information content (AvgIpc) is 2.56. The summed E-state index contributed by atoms with van der Waals surface area (Å²) in [4.78, 5) is 12.2. The van der Waals surface area contributed by atoms with Crippen molar-refractivity contribution in [1.29, 1.82) is 0 Å². The van der Waals surface area contributed by atoms with Gasteiger partial charge in [0.05, 0.1) is 11.6 Å². The molecular formula is C18H20ClNO3. The van der Waals surface area contributed by atoms with E-state index in [4.69, 9.17) is 21.1 Å². The van der Waals surface area contributed by atoms with Gasteiger partial charge >= 0.3 is 0 Å². The van der Waals surface area contributed by atoms with Crippen molar-refractivity contribution in [2.45, 2.75) is 26.4 Å². The van der Waals surface area contributed by atoms with Crippen LogP contribution in [0.15, 0.2) is 48.5 Å². The zero-order valence-electron chi connectivity index (χ0n) is 13.2. The molecule has 0 aromatic heterocycles. The van der Waals surface area contributed by atoms with E-state index < -0.39 is 6.10 Å². The minimum absolute atomic E-state index is 0.243. The molecule has 0 saturated carbocycles. The van der Waals surface area contributed by atoms with Gasteiger partial charge in [-0.1, -0.05) is 30.7 Å². The molecule has 23 heavy (non-hydrogen) atoms. The number of ether oxygens (including phenoxy) is 2. The van der Waals surface area contributed by atoms with Crippen LogP contribution in [0, 0.1) is 0 Å². The van der Waals surface area contributed by atoms with Crippen LogP contribution in [0.25, 0.3) is 0 Å². The maximum atomic E-state index is 12.2. The third kappa shape index (κ3) is 5.18. The molecule has 1 unspecified atom stereocenters. The standard InChI is InChI=1S/C18H20ClNO3/c1-3-12-22-15-10-8-14(9-11-15)20-18(21)13(2)23-17-7-5-4-6-16(17)19/h4-11,13H,3,12H2,1-2H3,(H,20,21). The maximum absolute atomic E-state index is 12.2. The fourth-order valence-corrected chi connectivity index (χ4v) is 2.06. The summed E-state index contributed by atoms with van der Waals surface area (Å²) < 4.78 is 11.1. The van der Waals surface area contributed by atoms with Crippen LogP contribution in [0.3, 0.4) is 0 Å². The molecule has 0 heterocycles. The van der Waals surface area contributed by atoms with Gasteiger partial charge in [-0.2, -0.15) is 0 Å². The van der Waals surface area contributed by atoms with Crippen molar-refractivity contribution < 1.29 is 14.3 Å². The van der Waals surface area contributed by atoms with Gasteiger partial charge in [0, 0.05) is 5.69 Å². The van der Waals surface area contributed by atoms with Crippen LogP contribution in [0.1, 0.15) is 20.3 Å². The molecule has 2 aromatic rings. The summed E-state index contributed by atoms with van der Waals surface area (Å²) in [6, 6.07) is 14.3.